The number of rotatable bonds is 6. The van der Waals surface area contributed by atoms with E-state index in [4.69, 9.17) is 4.74 Å². The smallest absolute Gasteiger partial charge is 0.311 e. The molecule has 146 valence electrons. The molecule has 0 bridgehead atoms. The first kappa shape index (κ1) is 19.6. The van der Waals surface area contributed by atoms with Gasteiger partial charge in [0.05, 0.1) is 5.92 Å². The van der Waals surface area contributed by atoms with Crippen molar-refractivity contribution in [2.45, 2.75) is 26.7 Å². The molecule has 2 aromatic carbocycles. The topological polar surface area (TPSA) is 75.7 Å². The lowest BCUT2D eigenvalue weighted by molar-refractivity contribution is -0.151. The molecule has 28 heavy (non-hydrogen) atoms. The molecule has 2 amide bonds. The van der Waals surface area contributed by atoms with E-state index < -0.39 is 17.8 Å². The van der Waals surface area contributed by atoms with E-state index in [0.29, 0.717) is 5.69 Å². The van der Waals surface area contributed by atoms with Crippen molar-refractivity contribution in [2.24, 2.45) is 5.92 Å². The number of esters is 1. The van der Waals surface area contributed by atoms with E-state index >= 15 is 0 Å². The summed E-state index contributed by atoms with van der Waals surface area (Å²) in [6, 6.07) is 15.0. The quantitative estimate of drug-likeness (QED) is 0.782. The fourth-order valence-electron chi connectivity index (χ4n) is 3.36. The summed E-state index contributed by atoms with van der Waals surface area (Å²) in [5.41, 5.74) is 3.50. The summed E-state index contributed by atoms with van der Waals surface area (Å²) in [6.07, 6.45) is 0.878. The van der Waals surface area contributed by atoms with Crippen LogP contribution in [0.5, 0.6) is 0 Å². The van der Waals surface area contributed by atoms with Gasteiger partial charge >= 0.3 is 5.97 Å². The minimum Gasteiger partial charge on any atom is -0.455 e. The van der Waals surface area contributed by atoms with E-state index in [9.17, 15) is 14.4 Å². The number of para-hydroxylation sites is 2. The largest absolute Gasteiger partial charge is 0.455 e. The normalized spacial score (nSPS) is 16.1. The second kappa shape index (κ2) is 8.69. The molecule has 3 rings (SSSR count). The van der Waals surface area contributed by atoms with E-state index in [-0.39, 0.29) is 25.5 Å². The molecule has 1 unspecified atom stereocenters. The highest BCUT2D eigenvalue weighted by Crippen LogP contribution is 2.28. The molecule has 1 fully saturated rings. The summed E-state index contributed by atoms with van der Waals surface area (Å²) < 4.78 is 5.17. The van der Waals surface area contributed by atoms with Crippen LogP contribution in [0, 0.1) is 12.8 Å². The Morgan fingerprint density at radius 3 is 2.61 bits per heavy atom. The lowest BCUT2D eigenvalue weighted by atomic mass is 10.1. The van der Waals surface area contributed by atoms with Gasteiger partial charge in [0.2, 0.25) is 5.91 Å². The molecule has 2 aromatic rings. The first-order chi connectivity index (χ1) is 13.5. The van der Waals surface area contributed by atoms with Gasteiger partial charge in [0, 0.05) is 24.3 Å². The highest BCUT2D eigenvalue weighted by Gasteiger charge is 2.36. The van der Waals surface area contributed by atoms with E-state index in [0.717, 1.165) is 23.2 Å². The fourth-order valence-corrected chi connectivity index (χ4v) is 3.36. The van der Waals surface area contributed by atoms with Crippen molar-refractivity contribution in [1.29, 1.82) is 0 Å². The minimum absolute atomic E-state index is 0.0907. The molecule has 6 nitrogen and oxygen atoms in total. The first-order valence-corrected chi connectivity index (χ1v) is 9.40. The van der Waals surface area contributed by atoms with Crippen molar-refractivity contribution in [3.63, 3.8) is 0 Å². The van der Waals surface area contributed by atoms with Crippen LogP contribution in [0.3, 0.4) is 0 Å². The number of ether oxygens (including phenoxy) is 1. The van der Waals surface area contributed by atoms with Crippen molar-refractivity contribution >= 4 is 29.2 Å². The zero-order valence-electron chi connectivity index (χ0n) is 16.1. The monoisotopic (exact) mass is 380 g/mol. The number of anilines is 2. The van der Waals surface area contributed by atoms with Crippen LogP contribution < -0.4 is 10.2 Å². The van der Waals surface area contributed by atoms with Crippen LogP contribution >= 0.6 is 0 Å². The standard InChI is InChI=1S/C22H24N2O4/c1-3-16-9-5-6-10-18(16)23-20(25)14-28-22(27)17-12-21(26)24(13-17)19-11-7-4-8-15(19)2/h4-11,17H,3,12-14H2,1-2H3,(H,23,25). The van der Waals surface area contributed by atoms with E-state index in [1.54, 1.807) is 4.90 Å². The lowest BCUT2D eigenvalue weighted by Crippen LogP contribution is -2.28. The second-order valence-corrected chi connectivity index (χ2v) is 6.86. The molecule has 0 radical (unpaired) electrons. The predicted molar refractivity (Wildman–Crippen MR) is 107 cm³/mol. The molecule has 1 N–H and O–H groups in total. The highest BCUT2D eigenvalue weighted by molar-refractivity contribution is 6.00. The van der Waals surface area contributed by atoms with Gasteiger partial charge in [0.25, 0.3) is 5.91 Å². The summed E-state index contributed by atoms with van der Waals surface area (Å²) in [5.74, 6) is -1.60. The molecule has 1 aliphatic heterocycles. The van der Waals surface area contributed by atoms with Crippen LogP contribution in [0.15, 0.2) is 48.5 Å². The fraction of sp³-hybridized carbons (Fsp3) is 0.318. The third-order valence-electron chi connectivity index (χ3n) is 4.88. The number of carbonyl (C=O) groups is 3. The summed E-state index contributed by atoms with van der Waals surface area (Å²) in [6.45, 7) is 3.82. The maximum atomic E-state index is 12.4. The maximum absolute atomic E-state index is 12.4. The van der Waals surface area contributed by atoms with Crippen molar-refractivity contribution in [3.05, 3.63) is 59.7 Å². The summed E-state index contributed by atoms with van der Waals surface area (Å²) in [7, 11) is 0. The zero-order valence-corrected chi connectivity index (χ0v) is 16.1. The molecule has 0 spiro atoms. The average molecular weight is 380 g/mol. The number of nitrogens with one attached hydrogen (secondary N) is 1. The van der Waals surface area contributed by atoms with Crippen LogP contribution in [-0.4, -0.2) is 30.9 Å². The molecule has 1 heterocycles. The van der Waals surface area contributed by atoms with Crippen molar-refractivity contribution in [1.82, 2.24) is 0 Å². The second-order valence-electron chi connectivity index (χ2n) is 6.86. The Kier molecular flexibility index (Phi) is 6.09. The Bertz CT molecular complexity index is 894. The Labute approximate surface area is 164 Å². The molecular weight excluding hydrogens is 356 g/mol. The van der Waals surface area contributed by atoms with Crippen LogP contribution in [0.4, 0.5) is 11.4 Å². The summed E-state index contributed by atoms with van der Waals surface area (Å²) in [4.78, 5) is 38.4. The van der Waals surface area contributed by atoms with Crippen molar-refractivity contribution < 1.29 is 19.1 Å². The Morgan fingerprint density at radius 2 is 1.86 bits per heavy atom. The van der Waals surface area contributed by atoms with Gasteiger partial charge in [-0.1, -0.05) is 43.3 Å². The average Bonchev–Trinajstić information content (AvgIpc) is 3.08. The molecule has 1 atom stereocenters. The van der Waals surface area contributed by atoms with Gasteiger partial charge in [-0.2, -0.15) is 0 Å². The Balaban J connectivity index is 1.55. The minimum atomic E-state index is -0.567. The van der Waals surface area contributed by atoms with Crippen LogP contribution in [0.2, 0.25) is 0 Å². The number of aryl methyl sites for hydroxylation is 2. The van der Waals surface area contributed by atoms with Crippen molar-refractivity contribution in [3.8, 4) is 0 Å². The lowest BCUT2D eigenvalue weighted by Gasteiger charge is -2.18. The number of carbonyl (C=O) groups excluding carboxylic acids is 3. The summed E-state index contributed by atoms with van der Waals surface area (Å²) in [5, 5.41) is 2.76. The zero-order chi connectivity index (χ0) is 20.1. The van der Waals surface area contributed by atoms with Gasteiger partial charge in [0.15, 0.2) is 6.61 Å². The predicted octanol–water partition coefficient (Wildman–Crippen LogP) is 3.09. The van der Waals surface area contributed by atoms with E-state index in [1.807, 2.05) is 62.4 Å². The van der Waals surface area contributed by atoms with Gasteiger partial charge in [-0.25, -0.2) is 0 Å². The van der Waals surface area contributed by atoms with Crippen LogP contribution in [-0.2, 0) is 25.5 Å². The highest BCUT2D eigenvalue weighted by atomic mass is 16.5. The number of amides is 2. The number of hydrogen-bond donors (Lipinski definition) is 1. The van der Waals surface area contributed by atoms with E-state index in [2.05, 4.69) is 5.32 Å². The molecular formula is C22H24N2O4. The molecule has 0 saturated carbocycles. The van der Waals surface area contributed by atoms with Gasteiger partial charge in [-0.3, -0.25) is 14.4 Å². The number of hydrogen-bond acceptors (Lipinski definition) is 4. The Hall–Kier alpha value is -3.15. The molecule has 6 heteroatoms. The number of nitrogens with zero attached hydrogens (tertiary/aromatic N) is 1. The van der Waals surface area contributed by atoms with E-state index in [1.165, 1.54) is 0 Å². The van der Waals surface area contributed by atoms with Crippen LogP contribution in [0.25, 0.3) is 0 Å². The first-order valence-electron chi connectivity index (χ1n) is 9.40. The molecule has 0 aliphatic carbocycles. The van der Waals surface area contributed by atoms with Gasteiger partial charge < -0.3 is 15.0 Å². The molecule has 0 aromatic heterocycles. The van der Waals surface area contributed by atoms with Gasteiger partial charge in [-0.15, -0.1) is 0 Å². The summed E-state index contributed by atoms with van der Waals surface area (Å²) >= 11 is 0. The third kappa shape index (κ3) is 4.39. The molecule has 1 saturated heterocycles. The molecule has 1 aliphatic rings. The maximum Gasteiger partial charge on any atom is 0.311 e. The SMILES string of the molecule is CCc1ccccc1NC(=O)COC(=O)C1CC(=O)N(c2ccccc2C)C1. The third-order valence-corrected chi connectivity index (χ3v) is 4.88. The van der Waals surface area contributed by atoms with Gasteiger partial charge in [-0.05, 0) is 36.6 Å². The van der Waals surface area contributed by atoms with Crippen LogP contribution in [0.1, 0.15) is 24.5 Å². The Morgan fingerprint density at radius 1 is 1.14 bits per heavy atom. The van der Waals surface area contributed by atoms with Gasteiger partial charge in [0.1, 0.15) is 0 Å². The van der Waals surface area contributed by atoms with Crippen molar-refractivity contribution in [2.75, 3.05) is 23.4 Å². The number of benzene rings is 2.